The minimum atomic E-state index is -1.07. The molecule has 0 fully saturated rings. The number of rotatable bonds is 6. The van der Waals surface area contributed by atoms with Crippen LogP contribution in [0.15, 0.2) is 36.0 Å². The minimum absolute atomic E-state index is 0.119. The van der Waals surface area contributed by atoms with Crippen LogP contribution < -0.4 is 0 Å². The predicted molar refractivity (Wildman–Crippen MR) is 75.6 cm³/mol. The summed E-state index contributed by atoms with van der Waals surface area (Å²) in [5.74, 6) is -0.453. The Morgan fingerprint density at radius 2 is 1.79 bits per heavy atom. The van der Waals surface area contributed by atoms with E-state index in [4.69, 9.17) is 4.74 Å². The van der Waals surface area contributed by atoms with E-state index in [2.05, 4.69) is 0 Å². The van der Waals surface area contributed by atoms with Crippen molar-refractivity contribution in [1.82, 2.24) is 0 Å². The van der Waals surface area contributed by atoms with Crippen LogP contribution in [0.2, 0.25) is 0 Å². The smallest absolute Gasteiger partial charge is 0.319 e. The maximum Gasteiger partial charge on any atom is 0.319 e. The van der Waals surface area contributed by atoms with Gasteiger partial charge in [-0.05, 0) is 39.5 Å². The number of methoxy groups -OCH3 is 1. The second kappa shape index (κ2) is 6.50. The van der Waals surface area contributed by atoms with Crippen LogP contribution in [-0.2, 0) is 14.3 Å². The van der Waals surface area contributed by atoms with Gasteiger partial charge in [-0.2, -0.15) is 0 Å². The first kappa shape index (κ1) is 15.4. The molecule has 1 aliphatic rings. The molecular weight excluding hydrogens is 240 g/mol. The minimum Gasteiger partial charge on any atom is -0.468 e. The quantitative estimate of drug-likeness (QED) is 0.419. The van der Waals surface area contributed by atoms with Gasteiger partial charge in [-0.3, -0.25) is 9.59 Å². The highest BCUT2D eigenvalue weighted by atomic mass is 16.5. The number of carbonyl (C=O) groups is 2. The highest BCUT2D eigenvalue weighted by Crippen LogP contribution is 2.36. The lowest BCUT2D eigenvalue weighted by atomic mass is 9.73. The molecule has 0 aliphatic heterocycles. The number of carbonyl (C=O) groups excluding carboxylic acids is 2. The van der Waals surface area contributed by atoms with E-state index in [-0.39, 0.29) is 11.7 Å². The summed E-state index contributed by atoms with van der Waals surface area (Å²) in [5.41, 5.74) is 0.0161. The SMILES string of the molecule is COC(=O)C(CC=C(C)C)(CC1C=CC=C1)C(C)=O. The van der Waals surface area contributed by atoms with Crippen LogP contribution in [0, 0.1) is 11.3 Å². The van der Waals surface area contributed by atoms with Gasteiger partial charge in [-0.15, -0.1) is 0 Å². The molecule has 1 rings (SSSR count). The predicted octanol–water partition coefficient (Wildman–Crippen LogP) is 3.22. The molecule has 1 unspecified atom stereocenters. The summed E-state index contributed by atoms with van der Waals surface area (Å²) in [6.45, 7) is 5.38. The first-order valence-corrected chi connectivity index (χ1v) is 6.50. The standard InChI is InChI=1S/C16H22O3/c1-12(2)9-10-16(13(3)17,15(18)19-4)11-14-7-5-6-8-14/h5-9,14H,10-11H2,1-4H3. The molecular formula is C16H22O3. The van der Waals surface area contributed by atoms with E-state index >= 15 is 0 Å². The molecule has 104 valence electrons. The van der Waals surface area contributed by atoms with E-state index in [0.717, 1.165) is 5.57 Å². The van der Waals surface area contributed by atoms with E-state index in [1.54, 1.807) is 0 Å². The van der Waals surface area contributed by atoms with Crippen molar-refractivity contribution >= 4 is 11.8 Å². The summed E-state index contributed by atoms with van der Waals surface area (Å²) in [6, 6.07) is 0. The molecule has 0 aromatic carbocycles. The molecule has 0 radical (unpaired) electrons. The van der Waals surface area contributed by atoms with Crippen LogP contribution in [0.5, 0.6) is 0 Å². The van der Waals surface area contributed by atoms with Crippen LogP contribution in [0.25, 0.3) is 0 Å². The third-order valence-corrected chi connectivity index (χ3v) is 3.52. The lowest BCUT2D eigenvalue weighted by Crippen LogP contribution is -2.40. The van der Waals surface area contributed by atoms with Crippen molar-refractivity contribution in [2.45, 2.75) is 33.6 Å². The molecule has 0 saturated heterocycles. The van der Waals surface area contributed by atoms with Gasteiger partial charge in [0.05, 0.1) is 7.11 Å². The highest BCUT2D eigenvalue weighted by Gasteiger charge is 2.44. The van der Waals surface area contributed by atoms with E-state index in [0.29, 0.717) is 12.8 Å². The molecule has 0 heterocycles. The Balaban J connectivity index is 3.06. The van der Waals surface area contributed by atoms with E-state index in [9.17, 15) is 9.59 Å². The third kappa shape index (κ3) is 3.66. The molecule has 0 aromatic heterocycles. The zero-order valence-corrected chi connectivity index (χ0v) is 12.1. The Morgan fingerprint density at radius 1 is 1.21 bits per heavy atom. The Morgan fingerprint density at radius 3 is 2.21 bits per heavy atom. The van der Waals surface area contributed by atoms with Gasteiger partial charge in [0.2, 0.25) is 0 Å². The van der Waals surface area contributed by atoms with Gasteiger partial charge >= 0.3 is 5.97 Å². The summed E-state index contributed by atoms with van der Waals surface area (Å²) < 4.78 is 4.88. The number of hydrogen-bond acceptors (Lipinski definition) is 3. The van der Waals surface area contributed by atoms with Gasteiger partial charge in [0.15, 0.2) is 0 Å². The van der Waals surface area contributed by atoms with Gasteiger partial charge < -0.3 is 4.74 Å². The fourth-order valence-electron chi connectivity index (χ4n) is 2.27. The van der Waals surface area contributed by atoms with Crippen molar-refractivity contribution in [2.75, 3.05) is 7.11 Å². The Labute approximate surface area is 115 Å². The van der Waals surface area contributed by atoms with Gasteiger partial charge in [0.25, 0.3) is 0 Å². The molecule has 0 spiro atoms. The topological polar surface area (TPSA) is 43.4 Å². The zero-order chi connectivity index (χ0) is 14.5. The zero-order valence-electron chi connectivity index (χ0n) is 12.1. The Hall–Kier alpha value is -1.64. The molecule has 3 nitrogen and oxygen atoms in total. The van der Waals surface area contributed by atoms with Gasteiger partial charge in [-0.1, -0.05) is 36.0 Å². The molecule has 0 amide bonds. The number of ether oxygens (including phenoxy) is 1. The average molecular weight is 262 g/mol. The van der Waals surface area contributed by atoms with Crippen LogP contribution in [0.3, 0.4) is 0 Å². The number of allylic oxidation sites excluding steroid dienone is 6. The molecule has 19 heavy (non-hydrogen) atoms. The Kier molecular flexibility index (Phi) is 5.28. The number of esters is 1. The number of Topliss-reactive ketones (excluding diaryl/α,β-unsaturated/α-hetero) is 1. The first-order valence-electron chi connectivity index (χ1n) is 6.50. The van der Waals surface area contributed by atoms with Crippen LogP contribution in [0.1, 0.15) is 33.6 Å². The van der Waals surface area contributed by atoms with Crippen molar-refractivity contribution in [3.8, 4) is 0 Å². The normalized spacial score (nSPS) is 17.1. The highest BCUT2D eigenvalue weighted by molar-refractivity contribution is 6.02. The second-order valence-electron chi connectivity index (χ2n) is 5.25. The Bertz CT molecular complexity index is 427. The lowest BCUT2D eigenvalue weighted by molar-refractivity contribution is -0.158. The second-order valence-corrected chi connectivity index (χ2v) is 5.25. The molecule has 1 atom stereocenters. The maximum absolute atomic E-state index is 12.2. The van der Waals surface area contributed by atoms with Gasteiger partial charge in [0, 0.05) is 0 Å². The largest absolute Gasteiger partial charge is 0.468 e. The molecule has 0 saturated carbocycles. The van der Waals surface area contributed by atoms with E-state index < -0.39 is 11.4 Å². The maximum atomic E-state index is 12.2. The average Bonchev–Trinajstić information content (AvgIpc) is 2.85. The van der Waals surface area contributed by atoms with Crippen molar-refractivity contribution in [1.29, 1.82) is 0 Å². The van der Waals surface area contributed by atoms with Crippen molar-refractivity contribution < 1.29 is 14.3 Å². The van der Waals surface area contributed by atoms with E-state index in [1.165, 1.54) is 14.0 Å². The summed E-state index contributed by atoms with van der Waals surface area (Å²) >= 11 is 0. The van der Waals surface area contributed by atoms with Crippen molar-refractivity contribution in [2.24, 2.45) is 11.3 Å². The molecule has 0 bridgehead atoms. The molecule has 3 heteroatoms. The molecule has 0 N–H and O–H groups in total. The van der Waals surface area contributed by atoms with Gasteiger partial charge in [0.1, 0.15) is 11.2 Å². The van der Waals surface area contributed by atoms with Crippen LogP contribution in [-0.4, -0.2) is 18.9 Å². The van der Waals surface area contributed by atoms with Crippen LogP contribution in [0.4, 0.5) is 0 Å². The summed E-state index contributed by atoms with van der Waals surface area (Å²) in [7, 11) is 1.34. The van der Waals surface area contributed by atoms with E-state index in [1.807, 2.05) is 44.2 Å². The van der Waals surface area contributed by atoms with Crippen molar-refractivity contribution in [3.05, 3.63) is 36.0 Å². The number of hydrogen-bond donors (Lipinski definition) is 0. The summed E-state index contributed by atoms with van der Waals surface area (Å²) in [5, 5.41) is 0. The fourth-order valence-corrected chi connectivity index (χ4v) is 2.27. The monoisotopic (exact) mass is 262 g/mol. The summed E-state index contributed by atoms with van der Waals surface area (Å²) in [6.07, 6.45) is 10.7. The molecule has 0 aromatic rings. The number of ketones is 1. The van der Waals surface area contributed by atoms with Crippen molar-refractivity contribution in [3.63, 3.8) is 0 Å². The third-order valence-electron chi connectivity index (χ3n) is 3.52. The summed E-state index contributed by atoms with van der Waals surface area (Å²) in [4.78, 5) is 24.2. The first-order chi connectivity index (χ1) is 8.92. The molecule has 1 aliphatic carbocycles. The lowest BCUT2D eigenvalue weighted by Gasteiger charge is -2.29. The van der Waals surface area contributed by atoms with Crippen LogP contribution >= 0.6 is 0 Å². The fraction of sp³-hybridized carbons (Fsp3) is 0.500. The van der Waals surface area contributed by atoms with Gasteiger partial charge in [-0.25, -0.2) is 0 Å².